The summed E-state index contributed by atoms with van der Waals surface area (Å²) < 4.78 is 14.7. The van der Waals surface area contributed by atoms with E-state index >= 15 is 0 Å². The van der Waals surface area contributed by atoms with Crippen molar-refractivity contribution in [3.63, 3.8) is 0 Å². The summed E-state index contributed by atoms with van der Waals surface area (Å²) >= 11 is 1.22. The molecular formula is C16H22N4OS. The van der Waals surface area contributed by atoms with Crippen LogP contribution >= 0.6 is 11.7 Å². The fraction of sp³-hybridized carbons (Fsp3) is 0.500. The van der Waals surface area contributed by atoms with Crippen LogP contribution < -0.4 is 9.64 Å². The number of likely N-dealkylation sites (N-methyl/N-ethyl adjacent to an activating group) is 1. The smallest absolute Gasteiger partial charge is 0.271 e. The molecule has 0 aliphatic carbocycles. The van der Waals surface area contributed by atoms with Gasteiger partial charge in [0.2, 0.25) is 5.82 Å². The van der Waals surface area contributed by atoms with Crippen LogP contribution in [0.5, 0.6) is 5.88 Å². The molecule has 6 heteroatoms. The van der Waals surface area contributed by atoms with Crippen LogP contribution in [0.4, 0.5) is 5.82 Å². The van der Waals surface area contributed by atoms with E-state index in [0.717, 1.165) is 32.0 Å². The molecule has 0 radical (unpaired) electrons. The summed E-state index contributed by atoms with van der Waals surface area (Å²) in [7, 11) is 2.15. The molecule has 2 aromatic rings. The number of benzene rings is 1. The molecule has 0 spiro atoms. The van der Waals surface area contributed by atoms with Crippen molar-refractivity contribution in [2.75, 3.05) is 38.1 Å². The first-order valence-electron chi connectivity index (χ1n) is 7.58. The second kappa shape index (κ2) is 6.62. The van der Waals surface area contributed by atoms with Crippen LogP contribution in [0.1, 0.15) is 16.7 Å². The van der Waals surface area contributed by atoms with Gasteiger partial charge in [-0.15, -0.1) is 4.37 Å². The average Bonchev–Trinajstić information content (AvgIpc) is 2.97. The molecule has 1 fully saturated rings. The van der Waals surface area contributed by atoms with Crippen molar-refractivity contribution in [1.29, 1.82) is 0 Å². The van der Waals surface area contributed by atoms with Gasteiger partial charge in [-0.2, -0.15) is 4.37 Å². The lowest BCUT2D eigenvalue weighted by molar-refractivity contribution is 0.288. The van der Waals surface area contributed by atoms with Gasteiger partial charge in [0.05, 0.1) is 11.7 Å². The molecule has 0 saturated carbocycles. The first kappa shape index (κ1) is 15.2. The molecule has 1 aromatic heterocycles. The van der Waals surface area contributed by atoms with Gasteiger partial charge in [0, 0.05) is 26.2 Å². The highest BCUT2D eigenvalue weighted by atomic mass is 32.1. The van der Waals surface area contributed by atoms with Crippen LogP contribution in [0.15, 0.2) is 18.2 Å². The summed E-state index contributed by atoms with van der Waals surface area (Å²) in [4.78, 5) is 4.59. The Labute approximate surface area is 135 Å². The van der Waals surface area contributed by atoms with Crippen LogP contribution in [0.2, 0.25) is 0 Å². The fourth-order valence-electron chi connectivity index (χ4n) is 2.58. The highest BCUT2D eigenvalue weighted by molar-refractivity contribution is 6.99. The first-order valence-corrected chi connectivity index (χ1v) is 8.31. The van der Waals surface area contributed by atoms with Gasteiger partial charge in [0.15, 0.2) is 0 Å². The number of piperazine rings is 1. The Hall–Kier alpha value is -1.66. The van der Waals surface area contributed by atoms with E-state index in [1.165, 1.54) is 28.4 Å². The Kier molecular flexibility index (Phi) is 4.59. The van der Waals surface area contributed by atoms with E-state index in [1.807, 2.05) is 0 Å². The summed E-state index contributed by atoms with van der Waals surface area (Å²) in [5, 5.41) is 0. The minimum Gasteiger partial charge on any atom is -0.470 e. The average molecular weight is 318 g/mol. The van der Waals surface area contributed by atoms with E-state index in [2.05, 4.69) is 57.6 Å². The van der Waals surface area contributed by atoms with E-state index in [1.54, 1.807) is 0 Å². The lowest BCUT2D eigenvalue weighted by atomic mass is 10.1. The highest BCUT2D eigenvalue weighted by Gasteiger charge is 2.21. The summed E-state index contributed by atoms with van der Waals surface area (Å²) in [5.74, 6) is 1.55. The Morgan fingerprint density at radius 3 is 2.68 bits per heavy atom. The molecule has 5 nitrogen and oxygen atoms in total. The van der Waals surface area contributed by atoms with E-state index in [9.17, 15) is 0 Å². The van der Waals surface area contributed by atoms with Crippen molar-refractivity contribution in [2.45, 2.75) is 20.5 Å². The molecule has 22 heavy (non-hydrogen) atoms. The van der Waals surface area contributed by atoms with Crippen molar-refractivity contribution in [3.05, 3.63) is 34.9 Å². The number of nitrogens with zero attached hydrogens (tertiary/aromatic N) is 4. The molecule has 0 atom stereocenters. The molecular weight excluding hydrogens is 296 g/mol. The van der Waals surface area contributed by atoms with E-state index < -0.39 is 0 Å². The van der Waals surface area contributed by atoms with Gasteiger partial charge in [-0.1, -0.05) is 23.8 Å². The largest absolute Gasteiger partial charge is 0.470 e. The lowest BCUT2D eigenvalue weighted by Gasteiger charge is -2.32. The van der Waals surface area contributed by atoms with E-state index in [-0.39, 0.29) is 0 Å². The lowest BCUT2D eigenvalue weighted by Crippen LogP contribution is -2.44. The Bertz CT molecular complexity index is 635. The zero-order valence-corrected chi connectivity index (χ0v) is 14.2. The molecule has 1 saturated heterocycles. The van der Waals surface area contributed by atoms with Gasteiger partial charge in [-0.05, 0) is 32.0 Å². The van der Waals surface area contributed by atoms with Gasteiger partial charge >= 0.3 is 0 Å². The second-order valence-corrected chi connectivity index (χ2v) is 6.43. The highest BCUT2D eigenvalue weighted by Crippen LogP contribution is 2.27. The third kappa shape index (κ3) is 3.39. The maximum absolute atomic E-state index is 5.96. The first-order chi connectivity index (χ1) is 10.6. The monoisotopic (exact) mass is 318 g/mol. The van der Waals surface area contributed by atoms with Gasteiger partial charge in [-0.3, -0.25) is 0 Å². The molecule has 118 valence electrons. The quantitative estimate of drug-likeness (QED) is 0.866. The van der Waals surface area contributed by atoms with Crippen molar-refractivity contribution in [2.24, 2.45) is 0 Å². The number of rotatable bonds is 4. The number of aromatic nitrogens is 2. The van der Waals surface area contributed by atoms with Crippen molar-refractivity contribution in [1.82, 2.24) is 13.6 Å². The summed E-state index contributed by atoms with van der Waals surface area (Å²) in [6.07, 6.45) is 0. The number of anilines is 1. The van der Waals surface area contributed by atoms with Crippen LogP contribution in [0, 0.1) is 13.8 Å². The topological polar surface area (TPSA) is 41.5 Å². The zero-order valence-electron chi connectivity index (χ0n) is 13.4. The minimum absolute atomic E-state index is 0.541. The predicted octanol–water partition coefficient (Wildman–Crippen LogP) is 2.49. The molecule has 2 heterocycles. The standard InChI is InChI=1S/C16H22N4OS/c1-12-4-5-13(2)14(10-12)11-21-16-15(17-22-18-16)20-8-6-19(3)7-9-20/h4-5,10H,6-9,11H2,1-3H3. The molecule has 1 aliphatic rings. The van der Waals surface area contributed by atoms with Gasteiger partial charge < -0.3 is 14.5 Å². The van der Waals surface area contributed by atoms with Crippen molar-refractivity contribution < 1.29 is 4.74 Å². The summed E-state index contributed by atoms with van der Waals surface area (Å²) in [6, 6.07) is 6.43. The number of hydrogen-bond acceptors (Lipinski definition) is 6. The fourth-order valence-corrected chi connectivity index (χ4v) is 3.10. The predicted molar refractivity (Wildman–Crippen MR) is 89.9 cm³/mol. The van der Waals surface area contributed by atoms with Crippen LogP contribution in [-0.2, 0) is 6.61 Å². The van der Waals surface area contributed by atoms with Crippen LogP contribution in [-0.4, -0.2) is 46.9 Å². The Morgan fingerprint density at radius 1 is 1.14 bits per heavy atom. The normalized spacial score (nSPS) is 16.0. The molecule has 1 aromatic carbocycles. The Morgan fingerprint density at radius 2 is 1.91 bits per heavy atom. The molecule has 3 rings (SSSR count). The maximum Gasteiger partial charge on any atom is 0.271 e. The van der Waals surface area contributed by atoms with Crippen molar-refractivity contribution >= 4 is 17.5 Å². The number of ether oxygens (including phenoxy) is 1. The van der Waals surface area contributed by atoms with Gasteiger partial charge in [0.1, 0.15) is 6.61 Å². The molecule has 0 amide bonds. The van der Waals surface area contributed by atoms with Crippen LogP contribution in [0.3, 0.4) is 0 Å². The third-order valence-electron chi connectivity index (χ3n) is 4.11. The van der Waals surface area contributed by atoms with Crippen LogP contribution in [0.25, 0.3) is 0 Å². The molecule has 1 aliphatic heterocycles. The SMILES string of the molecule is Cc1ccc(C)c(COc2nsnc2N2CCN(C)CC2)c1. The number of hydrogen-bond donors (Lipinski definition) is 0. The summed E-state index contributed by atoms with van der Waals surface area (Å²) in [6.45, 7) is 8.80. The van der Waals surface area contributed by atoms with Crippen molar-refractivity contribution in [3.8, 4) is 5.88 Å². The van der Waals surface area contributed by atoms with E-state index in [4.69, 9.17) is 4.74 Å². The zero-order chi connectivity index (χ0) is 15.5. The summed E-state index contributed by atoms with van der Waals surface area (Å²) in [5.41, 5.74) is 3.70. The molecule has 0 unspecified atom stereocenters. The second-order valence-electron chi connectivity index (χ2n) is 5.90. The molecule has 0 bridgehead atoms. The van der Waals surface area contributed by atoms with E-state index in [0.29, 0.717) is 12.5 Å². The third-order valence-corrected chi connectivity index (χ3v) is 4.62. The number of aryl methyl sites for hydroxylation is 2. The minimum atomic E-state index is 0.541. The maximum atomic E-state index is 5.96. The van der Waals surface area contributed by atoms with Gasteiger partial charge in [-0.25, -0.2) is 0 Å². The molecule has 0 N–H and O–H groups in total. The van der Waals surface area contributed by atoms with Gasteiger partial charge in [0.25, 0.3) is 5.88 Å². The Balaban J connectivity index is 1.69.